The van der Waals surface area contributed by atoms with E-state index < -0.39 is 6.09 Å². The number of hydrogen-bond donors (Lipinski definition) is 1. The van der Waals surface area contributed by atoms with Crippen molar-refractivity contribution < 1.29 is 19.4 Å². The number of nitrogens with zero attached hydrogens (tertiary/aromatic N) is 4. The molecule has 0 unspecified atom stereocenters. The number of carbonyl (C=O) groups is 1. The molecule has 172 valence electrons. The summed E-state index contributed by atoms with van der Waals surface area (Å²) in [6.45, 7) is 3.86. The van der Waals surface area contributed by atoms with Gasteiger partial charge in [-0.2, -0.15) is 5.26 Å². The quantitative estimate of drug-likeness (QED) is 0.379. The highest BCUT2D eigenvalue weighted by Gasteiger charge is 2.14. The van der Waals surface area contributed by atoms with Gasteiger partial charge in [0.1, 0.15) is 23.3 Å². The van der Waals surface area contributed by atoms with Crippen LogP contribution in [0.15, 0.2) is 54.9 Å². The van der Waals surface area contributed by atoms with Crippen LogP contribution in [0.3, 0.4) is 0 Å². The van der Waals surface area contributed by atoms with Gasteiger partial charge >= 0.3 is 6.09 Å². The highest BCUT2D eigenvalue weighted by Crippen LogP contribution is 2.34. The van der Waals surface area contributed by atoms with Crippen LogP contribution in [-0.4, -0.2) is 51.9 Å². The fraction of sp³-hybridized carbons (Fsp3) is 0.269. The Morgan fingerprint density at radius 1 is 1.12 bits per heavy atom. The predicted octanol–water partition coefficient (Wildman–Crippen LogP) is 5.24. The normalized spacial score (nSPS) is 13.9. The summed E-state index contributed by atoms with van der Waals surface area (Å²) in [6, 6.07) is 14.4. The summed E-state index contributed by atoms with van der Waals surface area (Å²) in [5, 5.41) is 20.4. The predicted molar refractivity (Wildman–Crippen MR) is 128 cm³/mol. The minimum absolute atomic E-state index is 0.431. The molecular formula is C26H24N4O4. The molecule has 34 heavy (non-hydrogen) atoms. The van der Waals surface area contributed by atoms with Gasteiger partial charge in [-0.3, -0.25) is 9.55 Å². The Balaban J connectivity index is 1.36. The lowest BCUT2D eigenvalue weighted by Crippen LogP contribution is -2.22. The van der Waals surface area contributed by atoms with Crippen LogP contribution in [-0.2, 0) is 0 Å². The van der Waals surface area contributed by atoms with Crippen molar-refractivity contribution in [3.8, 4) is 23.3 Å². The molecule has 0 bridgehead atoms. The van der Waals surface area contributed by atoms with E-state index in [1.54, 1.807) is 48.7 Å². The minimum atomic E-state index is -1.04. The molecule has 0 amide bonds. The SMILES string of the molecule is N#Cc1cc2c(Oc3ccc4c(ccn4C(=O)O)c3)ccnc2cc1OCCCN1CCCC1. The maximum absolute atomic E-state index is 11.3. The van der Waals surface area contributed by atoms with Crippen LogP contribution in [0.2, 0.25) is 0 Å². The number of ether oxygens (including phenoxy) is 2. The summed E-state index contributed by atoms with van der Waals surface area (Å²) in [6.07, 6.45) is 5.56. The first kappa shape index (κ1) is 21.7. The number of hydrogen-bond acceptors (Lipinski definition) is 6. The molecule has 8 nitrogen and oxygen atoms in total. The molecular weight excluding hydrogens is 432 g/mol. The molecule has 0 aliphatic carbocycles. The molecule has 1 fully saturated rings. The zero-order chi connectivity index (χ0) is 23.5. The molecule has 0 radical (unpaired) electrons. The maximum atomic E-state index is 11.3. The molecule has 1 aliphatic heterocycles. The first-order valence-electron chi connectivity index (χ1n) is 11.3. The van der Waals surface area contributed by atoms with Crippen LogP contribution in [0.4, 0.5) is 4.79 Å². The lowest BCUT2D eigenvalue weighted by molar-refractivity contribution is 0.197. The van der Waals surface area contributed by atoms with Gasteiger partial charge in [0, 0.05) is 35.8 Å². The Kier molecular flexibility index (Phi) is 6.02. The van der Waals surface area contributed by atoms with Gasteiger partial charge in [-0.05, 0) is 68.8 Å². The minimum Gasteiger partial charge on any atom is -0.492 e. The molecule has 8 heteroatoms. The van der Waals surface area contributed by atoms with Crippen molar-refractivity contribution in [1.29, 1.82) is 5.26 Å². The van der Waals surface area contributed by atoms with Gasteiger partial charge in [-0.25, -0.2) is 4.79 Å². The van der Waals surface area contributed by atoms with Crippen molar-refractivity contribution in [3.05, 3.63) is 60.4 Å². The average molecular weight is 457 g/mol. The number of benzene rings is 2. The third-order valence-electron chi connectivity index (χ3n) is 6.09. The Morgan fingerprint density at radius 2 is 1.97 bits per heavy atom. The summed E-state index contributed by atoms with van der Waals surface area (Å²) in [4.78, 5) is 18.2. The highest BCUT2D eigenvalue weighted by molar-refractivity contribution is 5.90. The van der Waals surface area contributed by atoms with Crippen LogP contribution in [0.1, 0.15) is 24.8 Å². The molecule has 2 aromatic heterocycles. The van der Waals surface area contributed by atoms with Crippen molar-refractivity contribution in [2.24, 2.45) is 0 Å². The van der Waals surface area contributed by atoms with Gasteiger partial charge in [0.25, 0.3) is 0 Å². The lowest BCUT2D eigenvalue weighted by atomic mass is 10.1. The van der Waals surface area contributed by atoms with E-state index in [0.29, 0.717) is 45.8 Å². The van der Waals surface area contributed by atoms with Crippen LogP contribution in [0, 0.1) is 11.3 Å². The third kappa shape index (κ3) is 4.38. The summed E-state index contributed by atoms with van der Waals surface area (Å²) >= 11 is 0. The maximum Gasteiger partial charge on any atom is 0.415 e. The monoisotopic (exact) mass is 456 g/mol. The number of likely N-dealkylation sites (tertiary alicyclic amines) is 1. The van der Waals surface area contributed by atoms with E-state index in [0.717, 1.165) is 36.0 Å². The van der Waals surface area contributed by atoms with E-state index in [1.807, 2.05) is 0 Å². The number of carboxylic acid groups (broad SMARTS) is 1. The lowest BCUT2D eigenvalue weighted by Gasteiger charge is -2.15. The van der Waals surface area contributed by atoms with Crippen LogP contribution in [0.5, 0.6) is 17.2 Å². The first-order valence-corrected chi connectivity index (χ1v) is 11.3. The second-order valence-electron chi connectivity index (χ2n) is 8.33. The van der Waals surface area contributed by atoms with Crippen LogP contribution < -0.4 is 9.47 Å². The van der Waals surface area contributed by atoms with Gasteiger partial charge in [0.05, 0.1) is 23.2 Å². The fourth-order valence-corrected chi connectivity index (χ4v) is 4.40. The molecule has 0 atom stereocenters. The summed E-state index contributed by atoms with van der Waals surface area (Å²) in [5.41, 5.74) is 1.68. The van der Waals surface area contributed by atoms with Gasteiger partial charge < -0.3 is 19.5 Å². The topological polar surface area (TPSA) is 101 Å². The Morgan fingerprint density at radius 3 is 2.76 bits per heavy atom. The van der Waals surface area contributed by atoms with Crippen LogP contribution >= 0.6 is 0 Å². The van der Waals surface area contributed by atoms with E-state index in [4.69, 9.17) is 9.47 Å². The molecule has 4 aromatic rings. The van der Waals surface area contributed by atoms with E-state index >= 15 is 0 Å². The fourth-order valence-electron chi connectivity index (χ4n) is 4.40. The standard InChI is InChI=1S/C26H24N4O4/c27-17-19-15-21-22(16-25(19)33-13-3-11-29-9-1-2-10-29)28-8-6-24(21)34-20-4-5-23-18(14-20)7-12-30(23)26(31)32/h4-8,12,14-16H,1-3,9-11,13H2,(H,31,32). The molecule has 1 saturated heterocycles. The second-order valence-corrected chi connectivity index (χ2v) is 8.33. The zero-order valence-corrected chi connectivity index (χ0v) is 18.6. The summed E-state index contributed by atoms with van der Waals surface area (Å²) < 4.78 is 13.2. The Bertz CT molecular complexity index is 1400. The van der Waals surface area contributed by atoms with Crippen molar-refractivity contribution >= 4 is 27.9 Å². The van der Waals surface area contributed by atoms with Gasteiger partial charge in [-0.1, -0.05) is 0 Å². The third-order valence-corrected chi connectivity index (χ3v) is 6.09. The molecule has 3 heterocycles. The number of fused-ring (bicyclic) bond motifs is 2. The number of rotatable bonds is 7. The molecule has 2 aromatic carbocycles. The number of pyridine rings is 1. The number of aromatic nitrogens is 2. The molecule has 5 rings (SSSR count). The van der Waals surface area contributed by atoms with Crippen molar-refractivity contribution in [2.75, 3.05) is 26.2 Å². The van der Waals surface area contributed by atoms with Crippen molar-refractivity contribution in [3.63, 3.8) is 0 Å². The summed E-state index contributed by atoms with van der Waals surface area (Å²) in [7, 11) is 0. The number of nitriles is 1. The average Bonchev–Trinajstić information content (AvgIpc) is 3.51. The van der Waals surface area contributed by atoms with E-state index in [2.05, 4.69) is 16.0 Å². The second kappa shape index (κ2) is 9.41. The molecule has 0 spiro atoms. The largest absolute Gasteiger partial charge is 0.492 e. The van der Waals surface area contributed by atoms with Gasteiger partial charge in [0.15, 0.2) is 0 Å². The van der Waals surface area contributed by atoms with E-state index in [1.165, 1.54) is 19.0 Å². The first-order chi connectivity index (χ1) is 16.6. The van der Waals surface area contributed by atoms with E-state index in [9.17, 15) is 15.2 Å². The van der Waals surface area contributed by atoms with Crippen LogP contribution in [0.25, 0.3) is 21.8 Å². The van der Waals surface area contributed by atoms with Gasteiger partial charge in [-0.15, -0.1) is 0 Å². The summed E-state index contributed by atoms with van der Waals surface area (Å²) in [5.74, 6) is 1.64. The zero-order valence-electron chi connectivity index (χ0n) is 18.6. The van der Waals surface area contributed by atoms with Crippen molar-refractivity contribution in [1.82, 2.24) is 14.5 Å². The molecule has 1 aliphatic rings. The Labute approximate surface area is 196 Å². The van der Waals surface area contributed by atoms with Crippen molar-refractivity contribution in [2.45, 2.75) is 19.3 Å². The van der Waals surface area contributed by atoms with Gasteiger partial charge in [0.2, 0.25) is 0 Å². The Hall–Kier alpha value is -4.09. The highest BCUT2D eigenvalue weighted by atomic mass is 16.5. The molecule has 0 saturated carbocycles. The molecule has 1 N–H and O–H groups in total. The van der Waals surface area contributed by atoms with E-state index in [-0.39, 0.29) is 0 Å². The smallest absolute Gasteiger partial charge is 0.415 e.